The van der Waals surface area contributed by atoms with Gasteiger partial charge in [0.1, 0.15) is 12.2 Å². The van der Waals surface area contributed by atoms with Crippen molar-refractivity contribution in [2.75, 3.05) is 15.4 Å². The Hall–Kier alpha value is -2.65. The lowest BCUT2D eigenvalue weighted by Crippen LogP contribution is -2.16. The van der Waals surface area contributed by atoms with E-state index in [-0.39, 0.29) is 27.7 Å². The van der Waals surface area contributed by atoms with Crippen LogP contribution in [-0.4, -0.2) is 20.2 Å². The fourth-order valence-corrected chi connectivity index (χ4v) is 3.47. The fraction of sp³-hybridized carbons (Fsp3) is 0.0667. The topological polar surface area (TPSA) is 104 Å². The minimum Gasteiger partial charge on any atom is -0.324 e. The predicted molar refractivity (Wildman–Crippen MR) is 90.5 cm³/mol. The van der Waals surface area contributed by atoms with Crippen molar-refractivity contribution in [1.82, 2.24) is 0 Å². The molecule has 0 aromatic heterocycles. The van der Waals surface area contributed by atoms with Gasteiger partial charge in [0.05, 0.1) is 27.0 Å². The molecule has 3 rings (SSSR count). The van der Waals surface area contributed by atoms with Crippen LogP contribution in [0.4, 0.5) is 21.5 Å². The van der Waals surface area contributed by atoms with Crippen molar-refractivity contribution >= 4 is 50.5 Å². The van der Waals surface area contributed by atoms with Gasteiger partial charge >= 0.3 is 0 Å². The zero-order chi connectivity index (χ0) is 18.2. The standard InChI is InChI=1S/C15H11ClFN3O4S/c16-10-5-8(1-3-11(10)17)20-25(23,24)9-2-4-12-13(6-9)19-15(22)7-14(21)18-12/h1-6,20H,7H2,(H,18,21)(H,19,22). The molecule has 0 aliphatic carbocycles. The summed E-state index contributed by atoms with van der Waals surface area (Å²) in [6, 6.07) is 7.25. The molecular formula is C15H11ClFN3O4S. The maximum atomic E-state index is 13.2. The number of carbonyl (C=O) groups excluding carboxylic acids is 2. The molecule has 25 heavy (non-hydrogen) atoms. The summed E-state index contributed by atoms with van der Waals surface area (Å²) in [4.78, 5) is 22.9. The molecule has 0 atom stereocenters. The van der Waals surface area contributed by atoms with Crippen molar-refractivity contribution in [2.24, 2.45) is 0 Å². The number of hydrogen-bond acceptors (Lipinski definition) is 4. The molecule has 1 aliphatic rings. The van der Waals surface area contributed by atoms with Crippen molar-refractivity contribution in [3.8, 4) is 0 Å². The molecule has 2 aromatic carbocycles. The van der Waals surface area contributed by atoms with Gasteiger partial charge in [-0.05, 0) is 36.4 Å². The molecule has 2 aromatic rings. The highest BCUT2D eigenvalue weighted by Crippen LogP contribution is 2.29. The summed E-state index contributed by atoms with van der Waals surface area (Å²) in [6.45, 7) is 0. The number of rotatable bonds is 3. The number of benzene rings is 2. The zero-order valence-corrected chi connectivity index (χ0v) is 14.0. The first-order valence-electron chi connectivity index (χ1n) is 6.96. The van der Waals surface area contributed by atoms with Crippen LogP contribution in [0.2, 0.25) is 5.02 Å². The van der Waals surface area contributed by atoms with Gasteiger partial charge in [-0.3, -0.25) is 14.3 Å². The average molecular weight is 384 g/mol. The van der Waals surface area contributed by atoms with Gasteiger partial charge in [0.2, 0.25) is 11.8 Å². The molecule has 2 amide bonds. The number of amides is 2. The van der Waals surface area contributed by atoms with Gasteiger partial charge in [0.25, 0.3) is 10.0 Å². The Kier molecular flexibility index (Phi) is 4.36. The smallest absolute Gasteiger partial charge is 0.261 e. The lowest BCUT2D eigenvalue weighted by molar-refractivity contribution is -0.123. The van der Waals surface area contributed by atoms with E-state index < -0.39 is 27.7 Å². The van der Waals surface area contributed by atoms with Crippen molar-refractivity contribution in [1.29, 1.82) is 0 Å². The number of nitrogens with one attached hydrogen (secondary N) is 3. The van der Waals surface area contributed by atoms with Gasteiger partial charge in [-0.1, -0.05) is 11.6 Å². The zero-order valence-electron chi connectivity index (χ0n) is 12.5. The quantitative estimate of drug-likeness (QED) is 0.708. The van der Waals surface area contributed by atoms with Crippen LogP contribution < -0.4 is 15.4 Å². The van der Waals surface area contributed by atoms with Crippen LogP contribution in [0, 0.1) is 5.82 Å². The molecule has 0 radical (unpaired) electrons. The summed E-state index contributed by atoms with van der Waals surface area (Å²) in [5, 5.41) is 4.73. The maximum absolute atomic E-state index is 13.2. The molecule has 0 saturated heterocycles. The van der Waals surface area contributed by atoms with E-state index >= 15 is 0 Å². The second kappa shape index (κ2) is 6.34. The first-order chi connectivity index (χ1) is 11.7. The van der Waals surface area contributed by atoms with E-state index in [0.717, 1.165) is 12.1 Å². The average Bonchev–Trinajstić information content (AvgIpc) is 2.66. The van der Waals surface area contributed by atoms with Gasteiger partial charge in [0.15, 0.2) is 0 Å². The molecule has 7 nitrogen and oxygen atoms in total. The van der Waals surface area contributed by atoms with Crippen LogP contribution >= 0.6 is 11.6 Å². The number of carbonyl (C=O) groups is 2. The van der Waals surface area contributed by atoms with Crippen LogP contribution in [0.1, 0.15) is 6.42 Å². The van der Waals surface area contributed by atoms with Crippen molar-refractivity contribution in [3.05, 3.63) is 47.2 Å². The molecule has 0 saturated carbocycles. The summed E-state index contributed by atoms with van der Waals surface area (Å²) in [5.41, 5.74) is 0.536. The summed E-state index contributed by atoms with van der Waals surface area (Å²) in [5.74, 6) is -1.72. The maximum Gasteiger partial charge on any atom is 0.261 e. The highest BCUT2D eigenvalue weighted by Gasteiger charge is 2.22. The molecule has 3 N–H and O–H groups in total. The Labute approximate surface area is 147 Å². The molecule has 0 spiro atoms. The van der Waals surface area contributed by atoms with E-state index in [1.807, 2.05) is 0 Å². The molecule has 0 unspecified atom stereocenters. The van der Waals surface area contributed by atoms with E-state index in [1.165, 1.54) is 24.3 Å². The molecular weight excluding hydrogens is 373 g/mol. The number of anilines is 3. The third-order valence-corrected chi connectivity index (χ3v) is 5.01. The van der Waals surface area contributed by atoms with Crippen molar-refractivity contribution in [2.45, 2.75) is 11.3 Å². The second-order valence-electron chi connectivity index (χ2n) is 5.21. The lowest BCUT2D eigenvalue weighted by Gasteiger charge is -2.12. The molecule has 0 bridgehead atoms. The van der Waals surface area contributed by atoms with Crippen molar-refractivity contribution < 1.29 is 22.4 Å². The van der Waals surface area contributed by atoms with Gasteiger partial charge in [0, 0.05) is 0 Å². The number of sulfonamides is 1. The molecule has 10 heteroatoms. The number of hydrogen-bond donors (Lipinski definition) is 3. The highest BCUT2D eigenvalue weighted by molar-refractivity contribution is 7.92. The van der Waals surface area contributed by atoms with E-state index in [2.05, 4.69) is 15.4 Å². The Morgan fingerprint density at radius 1 is 1.00 bits per heavy atom. The fourth-order valence-electron chi connectivity index (χ4n) is 2.21. The van der Waals surface area contributed by atoms with Crippen LogP contribution in [0.15, 0.2) is 41.3 Å². The minimum absolute atomic E-state index is 0.0821. The predicted octanol–water partition coefficient (Wildman–Crippen LogP) is 2.56. The molecule has 1 aliphatic heterocycles. The third kappa shape index (κ3) is 3.72. The van der Waals surface area contributed by atoms with E-state index in [9.17, 15) is 22.4 Å². The van der Waals surface area contributed by atoms with E-state index in [4.69, 9.17) is 11.6 Å². The second-order valence-corrected chi connectivity index (χ2v) is 7.30. The normalized spacial score (nSPS) is 14.2. The molecule has 0 fully saturated rings. The highest BCUT2D eigenvalue weighted by atomic mass is 35.5. The summed E-state index contributed by atoms with van der Waals surface area (Å²) in [6.07, 6.45) is -0.358. The third-order valence-electron chi connectivity index (χ3n) is 3.34. The van der Waals surface area contributed by atoms with Gasteiger partial charge in [-0.2, -0.15) is 0 Å². The Morgan fingerprint density at radius 3 is 2.36 bits per heavy atom. The van der Waals surface area contributed by atoms with Crippen LogP contribution in [-0.2, 0) is 19.6 Å². The Bertz CT molecular complexity index is 994. The SMILES string of the molecule is O=C1CC(=O)Nc2cc(S(=O)(=O)Nc3ccc(F)c(Cl)c3)ccc2N1. The lowest BCUT2D eigenvalue weighted by atomic mass is 10.2. The summed E-state index contributed by atoms with van der Waals surface area (Å²) in [7, 11) is -4.01. The Balaban J connectivity index is 1.94. The van der Waals surface area contributed by atoms with Gasteiger partial charge in [-0.15, -0.1) is 0 Å². The largest absolute Gasteiger partial charge is 0.324 e. The first kappa shape index (κ1) is 17.2. The molecule has 130 valence electrons. The van der Waals surface area contributed by atoms with Crippen LogP contribution in [0.5, 0.6) is 0 Å². The minimum atomic E-state index is -4.01. The van der Waals surface area contributed by atoms with Gasteiger partial charge < -0.3 is 10.6 Å². The Morgan fingerprint density at radius 2 is 1.68 bits per heavy atom. The number of halogens is 2. The summed E-state index contributed by atoms with van der Waals surface area (Å²) < 4.78 is 40.4. The number of fused-ring (bicyclic) bond motifs is 1. The van der Waals surface area contributed by atoms with Gasteiger partial charge in [-0.25, -0.2) is 12.8 Å². The van der Waals surface area contributed by atoms with Crippen LogP contribution in [0.3, 0.4) is 0 Å². The van der Waals surface area contributed by atoms with E-state index in [0.29, 0.717) is 5.69 Å². The first-order valence-corrected chi connectivity index (χ1v) is 8.82. The van der Waals surface area contributed by atoms with Crippen molar-refractivity contribution in [3.63, 3.8) is 0 Å². The molecule has 1 heterocycles. The summed E-state index contributed by atoms with van der Waals surface area (Å²) >= 11 is 5.63. The monoisotopic (exact) mass is 383 g/mol. The van der Waals surface area contributed by atoms with E-state index in [1.54, 1.807) is 0 Å². The van der Waals surface area contributed by atoms with Crippen LogP contribution in [0.25, 0.3) is 0 Å².